The number of aliphatic hydroxyl groups is 2. The lowest BCUT2D eigenvalue weighted by Gasteiger charge is -2.19. The van der Waals surface area contributed by atoms with Crippen LogP contribution in [0.25, 0.3) is 0 Å². The van der Waals surface area contributed by atoms with Crippen molar-refractivity contribution in [2.45, 2.75) is 347 Å². The SMILES string of the molecule is CC/C=C\C/C=C\C/C=C\C/C=C\C/C=C\C/C=C\C/C=C\C/C=C\C/C=C\CCCCCCCCCCCC(=O)NC(CO)C(O)/C=C/CC/C=C/CCCCCCCCCCCCCCCCCCCCCCCCCCCCC. The lowest BCUT2D eigenvalue weighted by Crippen LogP contribution is -2.45. The van der Waals surface area contributed by atoms with Gasteiger partial charge in [-0.2, -0.15) is 0 Å². The molecular formula is C78H135NO3. The van der Waals surface area contributed by atoms with Gasteiger partial charge in [0, 0.05) is 6.42 Å². The van der Waals surface area contributed by atoms with Crippen LogP contribution in [0, 0.1) is 0 Å². The summed E-state index contributed by atoms with van der Waals surface area (Å²) in [5.74, 6) is -0.0822. The predicted octanol–water partition coefficient (Wildman–Crippen LogP) is 24.5. The highest BCUT2D eigenvalue weighted by molar-refractivity contribution is 5.76. The molecule has 1 amide bonds. The number of carbonyl (C=O) groups excluding carboxylic acids is 1. The molecule has 82 heavy (non-hydrogen) atoms. The Hall–Kier alpha value is -3.47. The van der Waals surface area contributed by atoms with Crippen LogP contribution in [0.5, 0.6) is 0 Å². The van der Waals surface area contributed by atoms with Crippen molar-refractivity contribution in [3.63, 3.8) is 0 Å². The number of hydrogen-bond acceptors (Lipinski definition) is 3. The third-order valence-electron chi connectivity index (χ3n) is 15.6. The summed E-state index contributed by atoms with van der Waals surface area (Å²) in [5, 5.41) is 23.3. The fourth-order valence-electron chi connectivity index (χ4n) is 10.3. The Labute approximate surface area is 511 Å². The zero-order chi connectivity index (χ0) is 59.1. The number of unbranched alkanes of at least 4 members (excludes halogenated alkanes) is 37. The summed E-state index contributed by atoms with van der Waals surface area (Å²) in [5.41, 5.74) is 0. The number of allylic oxidation sites excluding steroid dienone is 21. The summed E-state index contributed by atoms with van der Waals surface area (Å²) < 4.78 is 0. The maximum Gasteiger partial charge on any atom is 0.220 e. The highest BCUT2D eigenvalue weighted by atomic mass is 16.3. The van der Waals surface area contributed by atoms with Gasteiger partial charge >= 0.3 is 0 Å². The maximum absolute atomic E-state index is 12.5. The van der Waals surface area contributed by atoms with Crippen molar-refractivity contribution < 1.29 is 15.0 Å². The number of hydrogen-bond donors (Lipinski definition) is 3. The predicted molar refractivity (Wildman–Crippen MR) is 368 cm³/mol. The van der Waals surface area contributed by atoms with E-state index in [-0.39, 0.29) is 12.5 Å². The van der Waals surface area contributed by atoms with Crippen molar-refractivity contribution in [3.05, 3.63) is 134 Å². The fourth-order valence-corrected chi connectivity index (χ4v) is 10.3. The van der Waals surface area contributed by atoms with Gasteiger partial charge in [0.15, 0.2) is 0 Å². The number of nitrogens with one attached hydrogen (secondary N) is 1. The molecule has 0 fully saturated rings. The lowest BCUT2D eigenvalue weighted by molar-refractivity contribution is -0.123. The smallest absolute Gasteiger partial charge is 0.220 e. The first-order chi connectivity index (χ1) is 40.7. The van der Waals surface area contributed by atoms with Gasteiger partial charge in [-0.15, -0.1) is 0 Å². The largest absolute Gasteiger partial charge is 0.394 e. The topological polar surface area (TPSA) is 69.6 Å². The molecule has 0 radical (unpaired) electrons. The first-order valence-corrected chi connectivity index (χ1v) is 35.4. The zero-order valence-electron chi connectivity index (χ0n) is 54.2. The highest BCUT2D eigenvalue weighted by Gasteiger charge is 2.18. The van der Waals surface area contributed by atoms with Gasteiger partial charge in [0.05, 0.1) is 18.8 Å². The Kier molecular flexibility index (Phi) is 68.8. The van der Waals surface area contributed by atoms with E-state index in [0.29, 0.717) is 6.42 Å². The van der Waals surface area contributed by atoms with Gasteiger partial charge in [-0.25, -0.2) is 0 Å². The van der Waals surface area contributed by atoms with Crippen molar-refractivity contribution in [2.75, 3.05) is 6.61 Å². The van der Waals surface area contributed by atoms with Crippen molar-refractivity contribution >= 4 is 5.91 Å². The molecule has 0 aliphatic rings. The summed E-state index contributed by atoms with van der Waals surface area (Å²) in [6.45, 7) is 4.20. The van der Waals surface area contributed by atoms with Gasteiger partial charge in [-0.05, 0) is 103 Å². The molecule has 0 bridgehead atoms. The van der Waals surface area contributed by atoms with Crippen molar-refractivity contribution in [1.82, 2.24) is 5.32 Å². The van der Waals surface area contributed by atoms with Gasteiger partial charge < -0.3 is 15.5 Å². The maximum atomic E-state index is 12.5. The molecule has 2 unspecified atom stereocenters. The zero-order valence-corrected chi connectivity index (χ0v) is 54.2. The molecule has 4 heteroatoms. The second kappa shape index (κ2) is 71.8. The second-order valence-corrected chi connectivity index (χ2v) is 23.6. The molecule has 0 saturated heterocycles. The van der Waals surface area contributed by atoms with E-state index in [2.05, 4.69) is 141 Å². The van der Waals surface area contributed by atoms with E-state index in [0.717, 1.165) is 96.3 Å². The molecule has 3 N–H and O–H groups in total. The van der Waals surface area contributed by atoms with Crippen LogP contribution in [0.4, 0.5) is 0 Å². The first kappa shape index (κ1) is 78.5. The van der Waals surface area contributed by atoms with Crippen LogP contribution in [0.1, 0.15) is 335 Å². The van der Waals surface area contributed by atoms with Crippen LogP contribution in [-0.4, -0.2) is 34.9 Å². The number of carbonyl (C=O) groups is 1. The average Bonchev–Trinajstić information content (AvgIpc) is 3.50. The molecule has 0 aromatic carbocycles. The molecule has 0 aliphatic heterocycles. The van der Waals surface area contributed by atoms with Gasteiger partial charge in [-0.3, -0.25) is 4.79 Å². The third-order valence-corrected chi connectivity index (χ3v) is 15.6. The normalized spacial score (nSPS) is 13.6. The van der Waals surface area contributed by atoms with Crippen LogP contribution >= 0.6 is 0 Å². The molecule has 0 rings (SSSR count). The molecule has 0 heterocycles. The van der Waals surface area contributed by atoms with E-state index in [1.807, 2.05) is 6.08 Å². The summed E-state index contributed by atoms with van der Waals surface area (Å²) in [6.07, 6.45) is 111. The lowest BCUT2D eigenvalue weighted by atomic mass is 10.0. The third kappa shape index (κ3) is 67.3. The Morgan fingerprint density at radius 3 is 0.854 bits per heavy atom. The number of aliphatic hydroxyl groups excluding tert-OH is 2. The number of amides is 1. The van der Waals surface area contributed by atoms with Crippen LogP contribution in [0.3, 0.4) is 0 Å². The Morgan fingerprint density at radius 1 is 0.305 bits per heavy atom. The highest BCUT2D eigenvalue weighted by Crippen LogP contribution is 2.18. The summed E-state index contributed by atoms with van der Waals surface area (Å²) >= 11 is 0. The molecule has 0 spiro atoms. The van der Waals surface area contributed by atoms with Crippen LogP contribution in [0.2, 0.25) is 0 Å². The van der Waals surface area contributed by atoms with E-state index in [9.17, 15) is 15.0 Å². The number of rotatable bonds is 64. The van der Waals surface area contributed by atoms with Gasteiger partial charge in [0.1, 0.15) is 0 Å². The minimum absolute atomic E-state index is 0.0822. The van der Waals surface area contributed by atoms with E-state index in [4.69, 9.17) is 0 Å². The Morgan fingerprint density at radius 2 is 0.549 bits per heavy atom. The first-order valence-electron chi connectivity index (χ1n) is 35.4. The van der Waals surface area contributed by atoms with E-state index in [1.54, 1.807) is 6.08 Å². The standard InChI is InChI=1S/C78H135NO3/c1-3-5-7-9-11-13-15-17-19-21-23-25-27-29-31-33-35-37-38-39-40-42-44-46-48-50-52-54-56-58-60-62-64-66-68-70-72-74-78(82)79-76(75-80)77(81)73-71-69-67-65-63-61-59-57-55-53-51-49-47-45-43-41-36-34-32-30-28-26-24-22-20-18-16-14-12-10-8-6-4-2/h5,7,11,13,17,19,23,25,29,31,35,37,39-40,44,46,50,52,63,65,71,73,76-77,80-81H,3-4,6,8-10,12,14-16,18,20-22,24,26-28,30,32-34,36,38,41-43,45,47-49,51,53-62,64,66-70,72,74-75H2,1-2H3,(H,79,82)/b7-5-,13-11-,19-17-,25-23-,31-29-,37-35-,40-39-,46-44-,52-50-,65-63+,73-71+. The fraction of sp³-hybridized carbons (Fsp3) is 0.705. The molecule has 0 aromatic heterocycles. The molecule has 470 valence electrons. The molecule has 2 atom stereocenters. The minimum Gasteiger partial charge on any atom is -0.394 e. The molecule has 0 saturated carbocycles. The summed E-state index contributed by atoms with van der Waals surface area (Å²) in [6, 6.07) is -0.654. The summed E-state index contributed by atoms with van der Waals surface area (Å²) in [4.78, 5) is 12.5. The van der Waals surface area contributed by atoms with Crippen LogP contribution in [-0.2, 0) is 4.79 Å². The summed E-state index contributed by atoms with van der Waals surface area (Å²) in [7, 11) is 0. The van der Waals surface area contributed by atoms with Gasteiger partial charge in [-0.1, -0.05) is 359 Å². The second-order valence-electron chi connectivity index (χ2n) is 23.6. The molecule has 0 aliphatic carbocycles. The van der Waals surface area contributed by atoms with E-state index in [1.165, 1.54) is 218 Å². The van der Waals surface area contributed by atoms with Gasteiger partial charge in [0.25, 0.3) is 0 Å². The van der Waals surface area contributed by atoms with E-state index >= 15 is 0 Å². The minimum atomic E-state index is -0.876. The molecule has 0 aromatic rings. The van der Waals surface area contributed by atoms with Gasteiger partial charge in [0.2, 0.25) is 5.91 Å². The monoisotopic (exact) mass is 1130 g/mol. The van der Waals surface area contributed by atoms with E-state index < -0.39 is 12.1 Å². The average molecular weight is 1130 g/mol. The Bertz CT molecular complexity index is 1620. The van der Waals surface area contributed by atoms with Crippen LogP contribution in [0.15, 0.2) is 134 Å². The quantitative estimate of drug-likeness (QED) is 0.0420. The van der Waals surface area contributed by atoms with Crippen molar-refractivity contribution in [2.24, 2.45) is 0 Å². The Balaban J connectivity index is 3.57. The molecule has 4 nitrogen and oxygen atoms in total. The van der Waals surface area contributed by atoms with Crippen molar-refractivity contribution in [1.29, 1.82) is 0 Å². The van der Waals surface area contributed by atoms with Crippen LogP contribution < -0.4 is 5.32 Å². The van der Waals surface area contributed by atoms with Crippen molar-refractivity contribution in [3.8, 4) is 0 Å². The molecular weight excluding hydrogens is 999 g/mol.